The molecule has 2 rings (SSSR count). The lowest BCUT2D eigenvalue weighted by Crippen LogP contribution is -2.52. The first-order chi connectivity index (χ1) is 9.05. The number of rotatable bonds is 4. The van der Waals surface area contributed by atoms with E-state index < -0.39 is 0 Å². The molecule has 19 heavy (non-hydrogen) atoms. The van der Waals surface area contributed by atoms with Crippen LogP contribution in [-0.2, 0) is 11.3 Å². The molecule has 3 nitrogen and oxygen atoms in total. The number of nitrogens with one attached hydrogen (secondary N) is 1. The van der Waals surface area contributed by atoms with Crippen LogP contribution < -0.4 is 5.32 Å². The van der Waals surface area contributed by atoms with Gasteiger partial charge in [0.1, 0.15) is 0 Å². The van der Waals surface area contributed by atoms with Crippen LogP contribution in [0.5, 0.6) is 0 Å². The summed E-state index contributed by atoms with van der Waals surface area (Å²) in [6.45, 7) is 8.57. The summed E-state index contributed by atoms with van der Waals surface area (Å²) < 4.78 is 0. The van der Waals surface area contributed by atoms with Crippen LogP contribution in [0.2, 0.25) is 0 Å². The summed E-state index contributed by atoms with van der Waals surface area (Å²) in [6, 6.07) is 8.38. The molecule has 0 spiro atoms. The van der Waals surface area contributed by atoms with Gasteiger partial charge in [-0.2, -0.15) is 0 Å². The van der Waals surface area contributed by atoms with E-state index >= 15 is 0 Å². The third kappa shape index (κ3) is 3.16. The third-order valence-electron chi connectivity index (χ3n) is 3.97. The first-order valence-corrected chi connectivity index (χ1v) is 7.15. The van der Waals surface area contributed by atoms with Gasteiger partial charge in [-0.3, -0.25) is 4.79 Å². The van der Waals surface area contributed by atoms with Crippen LogP contribution >= 0.6 is 0 Å². The molecule has 1 aromatic carbocycles. The lowest BCUT2D eigenvalue weighted by Gasteiger charge is -2.31. The molecule has 1 unspecified atom stereocenters. The molecule has 1 amide bonds. The van der Waals surface area contributed by atoms with E-state index in [4.69, 9.17) is 0 Å². The quantitative estimate of drug-likeness (QED) is 0.902. The summed E-state index contributed by atoms with van der Waals surface area (Å²) >= 11 is 0. The summed E-state index contributed by atoms with van der Waals surface area (Å²) in [6.07, 6.45) is 2.03. The zero-order valence-electron chi connectivity index (χ0n) is 12.2. The van der Waals surface area contributed by atoms with E-state index in [2.05, 4.69) is 36.5 Å². The highest BCUT2D eigenvalue weighted by Crippen LogP contribution is 2.22. The molecule has 0 radical (unpaired) electrons. The maximum Gasteiger partial charge on any atom is 0.242 e. The smallest absolute Gasteiger partial charge is 0.242 e. The van der Waals surface area contributed by atoms with Crippen LogP contribution in [0.3, 0.4) is 0 Å². The maximum atomic E-state index is 12.7. The Balaban J connectivity index is 2.10. The van der Waals surface area contributed by atoms with Crippen molar-refractivity contribution in [1.82, 2.24) is 10.2 Å². The van der Waals surface area contributed by atoms with Gasteiger partial charge in [0.15, 0.2) is 0 Å². The summed E-state index contributed by atoms with van der Waals surface area (Å²) in [4.78, 5) is 14.6. The lowest BCUT2D eigenvalue weighted by atomic mass is 9.98. The van der Waals surface area contributed by atoms with E-state index in [0.29, 0.717) is 6.54 Å². The minimum atomic E-state index is -0.361. The van der Waals surface area contributed by atoms with Crippen molar-refractivity contribution in [1.29, 1.82) is 0 Å². The standard InChI is InChI=1S/C16H24N2O/c1-4-18(12-14-8-5-7-13(2)11-14)15(19)16(3)9-6-10-17-16/h5,7-8,11,17H,4,6,9-10,12H2,1-3H3. The summed E-state index contributed by atoms with van der Waals surface area (Å²) in [5.41, 5.74) is 2.09. The van der Waals surface area contributed by atoms with Crippen LogP contribution in [0, 0.1) is 6.92 Å². The summed E-state index contributed by atoms with van der Waals surface area (Å²) in [5, 5.41) is 3.35. The third-order valence-corrected chi connectivity index (χ3v) is 3.97. The molecule has 1 N–H and O–H groups in total. The Bertz CT molecular complexity index is 450. The van der Waals surface area contributed by atoms with E-state index in [1.165, 1.54) is 11.1 Å². The van der Waals surface area contributed by atoms with Crippen molar-refractivity contribution in [2.24, 2.45) is 0 Å². The Labute approximate surface area is 116 Å². The number of carbonyl (C=O) groups excluding carboxylic acids is 1. The number of hydrogen-bond acceptors (Lipinski definition) is 2. The second kappa shape index (κ2) is 5.74. The predicted molar refractivity (Wildman–Crippen MR) is 77.9 cm³/mol. The minimum absolute atomic E-state index is 0.231. The topological polar surface area (TPSA) is 32.3 Å². The van der Waals surface area contributed by atoms with Gasteiger partial charge in [0, 0.05) is 13.1 Å². The molecule has 1 fully saturated rings. The van der Waals surface area contributed by atoms with E-state index in [1.807, 2.05) is 18.7 Å². The number of likely N-dealkylation sites (N-methyl/N-ethyl adjacent to an activating group) is 1. The van der Waals surface area contributed by atoms with E-state index in [-0.39, 0.29) is 11.4 Å². The molecule has 1 aliphatic heterocycles. The average Bonchev–Trinajstić information content (AvgIpc) is 2.83. The van der Waals surface area contributed by atoms with Crippen LogP contribution in [0.25, 0.3) is 0 Å². The number of amides is 1. The predicted octanol–water partition coefficient (Wildman–Crippen LogP) is 2.49. The van der Waals surface area contributed by atoms with Crippen LogP contribution in [0.15, 0.2) is 24.3 Å². The fourth-order valence-corrected chi connectivity index (χ4v) is 2.78. The summed E-state index contributed by atoms with van der Waals surface area (Å²) in [5.74, 6) is 0.231. The Morgan fingerprint density at radius 1 is 1.47 bits per heavy atom. The second-order valence-corrected chi connectivity index (χ2v) is 5.67. The normalized spacial score (nSPS) is 22.5. The van der Waals surface area contributed by atoms with Crippen molar-refractivity contribution in [3.8, 4) is 0 Å². The molecule has 1 aromatic rings. The fraction of sp³-hybridized carbons (Fsp3) is 0.562. The Hall–Kier alpha value is -1.35. The van der Waals surface area contributed by atoms with Crippen molar-refractivity contribution in [3.63, 3.8) is 0 Å². The highest BCUT2D eigenvalue weighted by atomic mass is 16.2. The molecule has 1 aliphatic rings. The van der Waals surface area contributed by atoms with Crippen molar-refractivity contribution < 1.29 is 4.79 Å². The first kappa shape index (κ1) is 14.1. The average molecular weight is 260 g/mol. The molecule has 0 saturated carbocycles. The van der Waals surface area contributed by atoms with Crippen molar-refractivity contribution in [2.45, 2.75) is 45.7 Å². The number of aryl methyl sites for hydroxylation is 1. The van der Waals surface area contributed by atoms with Gasteiger partial charge in [0.05, 0.1) is 5.54 Å². The van der Waals surface area contributed by atoms with Crippen molar-refractivity contribution in [2.75, 3.05) is 13.1 Å². The van der Waals surface area contributed by atoms with Gasteiger partial charge in [0.25, 0.3) is 0 Å². The van der Waals surface area contributed by atoms with E-state index in [9.17, 15) is 4.79 Å². The van der Waals surface area contributed by atoms with Gasteiger partial charge in [0.2, 0.25) is 5.91 Å². The van der Waals surface area contributed by atoms with Crippen molar-refractivity contribution >= 4 is 5.91 Å². The van der Waals surface area contributed by atoms with Gasteiger partial charge in [-0.05, 0) is 45.7 Å². The fourth-order valence-electron chi connectivity index (χ4n) is 2.78. The van der Waals surface area contributed by atoms with Crippen LogP contribution in [0.4, 0.5) is 0 Å². The largest absolute Gasteiger partial charge is 0.337 e. The van der Waals surface area contributed by atoms with Gasteiger partial charge >= 0.3 is 0 Å². The molecular formula is C16H24N2O. The van der Waals surface area contributed by atoms with Gasteiger partial charge in [-0.15, -0.1) is 0 Å². The van der Waals surface area contributed by atoms with E-state index in [0.717, 1.165) is 25.9 Å². The molecule has 1 atom stereocenters. The molecule has 104 valence electrons. The van der Waals surface area contributed by atoms with Crippen molar-refractivity contribution in [3.05, 3.63) is 35.4 Å². The Morgan fingerprint density at radius 2 is 2.26 bits per heavy atom. The van der Waals surface area contributed by atoms with Crippen LogP contribution in [-0.4, -0.2) is 29.4 Å². The van der Waals surface area contributed by atoms with Gasteiger partial charge in [-0.25, -0.2) is 0 Å². The number of nitrogens with zero attached hydrogens (tertiary/aromatic N) is 1. The molecule has 1 saturated heterocycles. The molecule has 0 aromatic heterocycles. The number of hydrogen-bond donors (Lipinski definition) is 1. The first-order valence-electron chi connectivity index (χ1n) is 7.15. The zero-order valence-corrected chi connectivity index (χ0v) is 12.2. The Morgan fingerprint density at radius 3 is 2.84 bits per heavy atom. The minimum Gasteiger partial charge on any atom is -0.337 e. The Kier molecular flexibility index (Phi) is 4.25. The molecule has 1 heterocycles. The zero-order chi connectivity index (χ0) is 13.9. The SMILES string of the molecule is CCN(Cc1cccc(C)c1)C(=O)C1(C)CCCN1. The van der Waals surface area contributed by atoms with Crippen LogP contribution in [0.1, 0.15) is 37.8 Å². The van der Waals surface area contributed by atoms with Gasteiger partial charge < -0.3 is 10.2 Å². The number of benzene rings is 1. The summed E-state index contributed by atoms with van der Waals surface area (Å²) in [7, 11) is 0. The maximum absolute atomic E-state index is 12.7. The lowest BCUT2D eigenvalue weighted by molar-refractivity contribution is -0.137. The highest BCUT2D eigenvalue weighted by molar-refractivity contribution is 5.86. The number of carbonyl (C=O) groups is 1. The van der Waals surface area contributed by atoms with Gasteiger partial charge in [-0.1, -0.05) is 29.8 Å². The molecule has 3 heteroatoms. The second-order valence-electron chi connectivity index (χ2n) is 5.67. The molecule has 0 aliphatic carbocycles. The monoisotopic (exact) mass is 260 g/mol. The molecule has 0 bridgehead atoms. The highest BCUT2D eigenvalue weighted by Gasteiger charge is 2.38. The van der Waals surface area contributed by atoms with E-state index in [1.54, 1.807) is 0 Å². The molecular weight excluding hydrogens is 236 g/mol.